The normalized spacial score (nSPS) is 11.2. The first kappa shape index (κ1) is 17.3. The summed E-state index contributed by atoms with van der Waals surface area (Å²) in [6.45, 7) is 3.44. The van der Waals surface area contributed by atoms with Gasteiger partial charge in [-0.05, 0) is 31.4 Å². The number of aryl methyl sites for hydroxylation is 1. The van der Waals surface area contributed by atoms with Crippen molar-refractivity contribution in [3.05, 3.63) is 41.6 Å². The van der Waals surface area contributed by atoms with E-state index in [4.69, 9.17) is 11.5 Å². The van der Waals surface area contributed by atoms with Gasteiger partial charge in [-0.3, -0.25) is 4.99 Å². The van der Waals surface area contributed by atoms with Crippen molar-refractivity contribution in [1.29, 1.82) is 5.26 Å². The summed E-state index contributed by atoms with van der Waals surface area (Å²) >= 11 is 0. The van der Waals surface area contributed by atoms with E-state index in [0.29, 0.717) is 36.0 Å². The lowest BCUT2D eigenvalue weighted by molar-refractivity contribution is 0.736. The van der Waals surface area contributed by atoms with E-state index < -0.39 is 0 Å². The van der Waals surface area contributed by atoms with Crippen LogP contribution in [0.2, 0.25) is 0 Å². The summed E-state index contributed by atoms with van der Waals surface area (Å²) < 4.78 is 1.61. The van der Waals surface area contributed by atoms with Gasteiger partial charge in [0.1, 0.15) is 17.5 Å². The van der Waals surface area contributed by atoms with Crippen LogP contribution in [0.15, 0.2) is 35.3 Å². The van der Waals surface area contributed by atoms with Crippen LogP contribution in [-0.4, -0.2) is 28.8 Å². The van der Waals surface area contributed by atoms with Gasteiger partial charge in [0, 0.05) is 13.1 Å². The molecule has 0 aliphatic heterocycles. The third kappa shape index (κ3) is 4.26. The van der Waals surface area contributed by atoms with Gasteiger partial charge >= 0.3 is 0 Å². The first-order valence-electron chi connectivity index (χ1n) is 8.04. The molecule has 1 heterocycles. The maximum atomic E-state index is 9.36. The van der Waals surface area contributed by atoms with Crippen molar-refractivity contribution in [1.82, 2.24) is 15.1 Å². The number of aromatic nitrogens is 2. The predicted molar refractivity (Wildman–Crippen MR) is 95.8 cm³/mol. The molecule has 7 nitrogen and oxygen atoms in total. The van der Waals surface area contributed by atoms with E-state index in [1.54, 1.807) is 4.68 Å². The van der Waals surface area contributed by atoms with Crippen LogP contribution in [0.25, 0.3) is 5.69 Å². The third-order valence-electron chi connectivity index (χ3n) is 3.51. The van der Waals surface area contributed by atoms with E-state index in [1.165, 1.54) is 0 Å². The molecule has 0 radical (unpaired) electrons. The van der Waals surface area contributed by atoms with Crippen LogP contribution in [0.3, 0.4) is 0 Å². The highest BCUT2D eigenvalue weighted by atomic mass is 15.3. The second kappa shape index (κ2) is 8.58. The minimum Gasteiger partial charge on any atom is -0.382 e. The van der Waals surface area contributed by atoms with Crippen LogP contribution >= 0.6 is 0 Å². The molecule has 0 saturated carbocycles. The Morgan fingerprint density at radius 3 is 2.79 bits per heavy atom. The molecule has 0 fully saturated rings. The number of guanidine groups is 1. The van der Waals surface area contributed by atoms with Crippen molar-refractivity contribution in [3.8, 4) is 11.8 Å². The van der Waals surface area contributed by atoms with Crippen LogP contribution < -0.4 is 16.8 Å². The summed E-state index contributed by atoms with van der Waals surface area (Å²) in [7, 11) is 0. The molecule has 2 aromatic rings. The Labute approximate surface area is 142 Å². The highest BCUT2D eigenvalue weighted by molar-refractivity contribution is 5.77. The van der Waals surface area contributed by atoms with Gasteiger partial charge in [-0.25, -0.2) is 4.68 Å². The molecule has 24 heavy (non-hydrogen) atoms. The quantitative estimate of drug-likeness (QED) is 0.406. The minimum absolute atomic E-state index is 0.371. The number of aliphatic imine (C=N–C) groups is 1. The zero-order valence-corrected chi connectivity index (χ0v) is 13.9. The molecule has 0 spiro atoms. The molecule has 0 unspecified atom stereocenters. The summed E-state index contributed by atoms with van der Waals surface area (Å²) in [5.74, 6) is 0.822. The lowest BCUT2D eigenvalue weighted by atomic mass is 10.1. The molecule has 5 N–H and O–H groups in total. The Balaban J connectivity index is 2.02. The molecule has 0 aliphatic carbocycles. The predicted octanol–water partition coefficient (Wildman–Crippen LogP) is 1.57. The van der Waals surface area contributed by atoms with Crippen molar-refractivity contribution in [2.45, 2.75) is 26.2 Å². The van der Waals surface area contributed by atoms with Crippen molar-refractivity contribution >= 4 is 11.8 Å². The summed E-state index contributed by atoms with van der Waals surface area (Å²) in [4.78, 5) is 4.17. The summed E-state index contributed by atoms with van der Waals surface area (Å²) in [6.07, 6.45) is 2.38. The summed E-state index contributed by atoms with van der Waals surface area (Å²) in [6, 6.07) is 11.7. The number of nitrogens with two attached hydrogens (primary N) is 2. The number of nitrogen functional groups attached to an aromatic ring is 1. The second-order valence-corrected chi connectivity index (χ2v) is 5.36. The SMILES string of the molecule is CCCN=C(N)NCCCc1nn(-c2ccccc2)c(N)c1C#N. The highest BCUT2D eigenvalue weighted by Gasteiger charge is 2.15. The average Bonchev–Trinajstić information content (AvgIpc) is 2.93. The first-order valence-corrected chi connectivity index (χ1v) is 8.04. The molecule has 7 heteroatoms. The fraction of sp³-hybridized carbons (Fsp3) is 0.353. The van der Waals surface area contributed by atoms with Crippen molar-refractivity contribution in [3.63, 3.8) is 0 Å². The number of nitrogens with one attached hydrogen (secondary N) is 1. The molecule has 0 saturated heterocycles. The van der Waals surface area contributed by atoms with Crippen molar-refractivity contribution < 1.29 is 0 Å². The zero-order chi connectivity index (χ0) is 17.4. The van der Waals surface area contributed by atoms with Crippen LogP contribution in [0, 0.1) is 11.3 Å². The standard InChI is InChI=1S/C17H23N7/c1-2-10-21-17(20)22-11-6-9-15-14(12-18)16(19)24(23-15)13-7-4-3-5-8-13/h3-5,7-8H,2,6,9-11,19H2,1H3,(H3,20,21,22). The smallest absolute Gasteiger partial charge is 0.188 e. The number of benzene rings is 1. The number of rotatable bonds is 7. The second-order valence-electron chi connectivity index (χ2n) is 5.36. The van der Waals surface area contributed by atoms with Gasteiger partial charge in [0.15, 0.2) is 5.96 Å². The van der Waals surface area contributed by atoms with Gasteiger partial charge in [0.05, 0.1) is 11.4 Å². The van der Waals surface area contributed by atoms with Gasteiger partial charge in [-0.1, -0.05) is 25.1 Å². The van der Waals surface area contributed by atoms with Gasteiger partial charge < -0.3 is 16.8 Å². The molecule has 1 aromatic carbocycles. The van der Waals surface area contributed by atoms with Gasteiger partial charge in [0.2, 0.25) is 0 Å². The molecule has 0 aliphatic rings. The Hall–Kier alpha value is -3.01. The number of nitrogens with zero attached hydrogens (tertiary/aromatic N) is 4. The third-order valence-corrected chi connectivity index (χ3v) is 3.51. The van der Waals surface area contributed by atoms with E-state index >= 15 is 0 Å². The topological polar surface area (TPSA) is 118 Å². The first-order chi connectivity index (χ1) is 11.7. The molecule has 2 rings (SSSR count). The van der Waals surface area contributed by atoms with Gasteiger partial charge in [0.25, 0.3) is 0 Å². The van der Waals surface area contributed by atoms with Gasteiger partial charge in [-0.15, -0.1) is 0 Å². The van der Waals surface area contributed by atoms with Crippen molar-refractivity contribution in [2.24, 2.45) is 10.7 Å². The van der Waals surface area contributed by atoms with Gasteiger partial charge in [-0.2, -0.15) is 10.4 Å². The fourth-order valence-corrected chi connectivity index (χ4v) is 2.30. The molecular formula is C17H23N7. The molecule has 0 bridgehead atoms. The fourth-order valence-electron chi connectivity index (χ4n) is 2.30. The number of hydrogen-bond donors (Lipinski definition) is 3. The summed E-state index contributed by atoms with van der Waals surface area (Å²) in [5.41, 5.74) is 13.8. The van der Waals surface area contributed by atoms with Crippen LogP contribution in [0.4, 0.5) is 5.82 Å². The van der Waals surface area contributed by atoms with E-state index in [2.05, 4.69) is 21.5 Å². The Morgan fingerprint density at radius 2 is 2.12 bits per heavy atom. The number of nitriles is 1. The Morgan fingerprint density at radius 1 is 1.38 bits per heavy atom. The number of hydrogen-bond acceptors (Lipinski definition) is 4. The Bertz CT molecular complexity index is 725. The number of para-hydroxylation sites is 1. The monoisotopic (exact) mass is 325 g/mol. The molecule has 126 valence electrons. The van der Waals surface area contributed by atoms with E-state index in [-0.39, 0.29) is 0 Å². The van der Waals surface area contributed by atoms with E-state index in [0.717, 1.165) is 25.1 Å². The lowest BCUT2D eigenvalue weighted by Crippen LogP contribution is -2.32. The Kier molecular flexibility index (Phi) is 6.20. The van der Waals surface area contributed by atoms with Crippen LogP contribution in [0.5, 0.6) is 0 Å². The number of anilines is 1. The average molecular weight is 325 g/mol. The van der Waals surface area contributed by atoms with E-state index in [9.17, 15) is 5.26 Å². The van der Waals surface area contributed by atoms with E-state index in [1.807, 2.05) is 37.3 Å². The molecule has 0 amide bonds. The lowest BCUT2D eigenvalue weighted by Gasteiger charge is -2.04. The summed E-state index contributed by atoms with van der Waals surface area (Å²) in [5, 5.41) is 16.9. The van der Waals surface area contributed by atoms with Crippen LogP contribution in [-0.2, 0) is 6.42 Å². The minimum atomic E-state index is 0.371. The maximum Gasteiger partial charge on any atom is 0.188 e. The molecule has 0 atom stereocenters. The maximum absolute atomic E-state index is 9.36. The largest absolute Gasteiger partial charge is 0.382 e. The molecular weight excluding hydrogens is 302 g/mol. The van der Waals surface area contributed by atoms with Crippen molar-refractivity contribution in [2.75, 3.05) is 18.8 Å². The zero-order valence-electron chi connectivity index (χ0n) is 13.9. The molecule has 1 aromatic heterocycles. The highest BCUT2D eigenvalue weighted by Crippen LogP contribution is 2.21. The van der Waals surface area contributed by atoms with Crippen LogP contribution in [0.1, 0.15) is 31.0 Å².